The fourth-order valence-electron chi connectivity index (χ4n) is 4.05. The van der Waals surface area contributed by atoms with Gasteiger partial charge in [-0.3, -0.25) is 9.89 Å². The zero-order valence-corrected chi connectivity index (χ0v) is 17.8. The number of aromatic amines is 1. The summed E-state index contributed by atoms with van der Waals surface area (Å²) in [6.45, 7) is 5.67. The topological polar surface area (TPSA) is 84.0 Å². The maximum Gasteiger partial charge on any atom is 0.248 e. The number of aryl methyl sites for hydroxylation is 1. The first-order valence-corrected chi connectivity index (χ1v) is 10.5. The van der Waals surface area contributed by atoms with Crippen molar-refractivity contribution in [1.82, 2.24) is 25.1 Å². The van der Waals surface area contributed by atoms with Crippen LogP contribution in [0.5, 0.6) is 0 Å². The Labute approximate surface area is 180 Å². The predicted molar refractivity (Wildman–Crippen MR) is 115 cm³/mol. The van der Waals surface area contributed by atoms with Gasteiger partial charge in [0.1, 0.15) is 24.4 Å². The number of halogens is 1. The predicted octanol–water partition coefficient (Wildman–Crippen LogP) is 3.72. The lowest BCUT2D eigenvalue weighted by molar-refractivity contribution is -0.137. The van der Waals surface area contributed by atoms with Gasteiger partial charge in [-0.1, -0.05) is 6.07 Å². The molecule has 0 bridgehead atoms. The van der Waals surface area contributed by atoms with Gasteiger partial charge in [-0.15, -0.1) is 0 Å². The summed E-state index contributed by atoms with van der Waals surface area (Å²) in [6.07, 6.45) is 4.72. The highest BCUT2D eigenvalue weighted by molar-refractivity contribution is 5.81. The molecule has 162 valence electrons. The Hall–Kier alpha value is -3.13. The van der Waals surface area contributed by atoms with Gasteiger partial charge < -0.3 is 9.64 Å². The highest BCUT2D eigenvalue weighted by Crippen LogP contribution is 2.39. The van der Waals surface area contributed by atoms with Gasteiger partial charge >= 0.3 is 0 Å². The van der Waals surface area contributed by atoms with Crippen LogP contribution in [0.15, 0.2) is 36.8 Å². The number of hydrogen-bond donors (Lipinski definition) is 1. The number of aromatic nitrogens is 4. The Morgan fingerprint density at radius 2 is 2.10 bits per heavy atom. The van der Waals surface area contributed by atoms with E-state index in [0.717, 1.165) is 29.7 Å². The van der Waals surface area contributed by atoms with Crippen molar-refractivity contribution in [1.29, 1.82) is 0 Å². The van der Waals surface area contributed by atoms with E-state index in [1.54, 1.807) is 12.3 Å². The van der Waals surface area contributed by atoms with E-state index in [1.165, 1.54) is 12.4 Å². The van der Waals surface area contributed by atoms with E-state index in [1.807, 2.05) is 30.9 Å². The summed E-state index contributed by atoms with van der Waals surface area (Å²) in [7, 11) is 0. The SMILES string of the molecule is CCOCC(=O)N1CCC(c2[nH]nc(-c3ccc(C)cc3F)c2-c2ccncn2)CC1. The average molecular weight is 423 g/mol. The Morgan fingerprint density at radius 3 is 2.77 bits per heavy atom. The number of piperidine rings is 1. The van der Waals surface area contributed by atoms with Crippen molar-refractivity contribution >= 4 is 5.91 Å². The molecule has 0 unspecified atom stereocenters. The fourth-order valence-corrected chi connectivity index (χ4v) is 4.05. The summed E-state index contributed by atoms with van der Waals surface area (Å²) in [5.41, 5.74) is 4.25. The van der Waals surface area contributed by atoms with E-state index in [-0.39, 0.29) is 24.2 Å². The Kier molecular flexibility index (Phi) is 6.36. The lowest BCUT2D eigenvalue weighted by Gasteiger charge is -2.32. The van der Waals surface area contributed by atoms with Crippen molar-refractivity contribution in [2.24, 2.45) is 0 Å². The molecule has 0 spiro atoms. The molecule has 0 atom stereocenters. The number of rotatable bonds is 6. The molecule has 0 radical (unpaired) electrons. The highest BCUT2D eigenvalue weighted by atomic mass is 19.1. The number of H-pyrrole nitrogens is 1. The first-order valence-electron chi connectivity index (χ1n) is 10.5. The van der Waals surface area contributed by atoms with Crippen LogP contribution in [-0.2, 0) is 9.53 Å². The maximum absolute atomic E-state index is 14.8. The summed E-state index contributed by atoms with van der Waals surface area (Å²) in [5, 5.41) is 7.65. The molecule has 1 aliphatic rings. The van der Waals surface area contributed by atoms with E-state index in [0.29, 0.717) is 36.6 Å². The van der Waals surface area contributed by atoms with E-state index in [2.05, 4.69) is 20.2 Å². The van der Waals surface area contributed by atoms with Crippen molar-refractivity contribution in [3.63, 3.8) is 0 Å². The summed E-state index contributed by atoms with van der Waals surface area (Å²) in [6, 6.07) is 6.95. The zero-order chi connectivity index (χ0) is 21.8. The second kappa shape index (κ2) is 9.34. The van der Waals surface area contributed by atoms with Crippen LogP contribution in [0.4, 0.5) is 4.39 Å². The van der Waals surface area contributed by atoms with E-state index < -0.39 is 0 Å². The van der Waals surface area contributed by atoms with Gasteiger partial charge in [0.25, 0.3) is 0 Å². The van der Waals surface area contributed by atoms with Crippen molar-refractivity contribution in [3.8, 4) is 22.5 Å². The third-order valence-corrected chi connectivity index (χ3v) is 5.70. The standard InChI is InChI=1S/C23H26FN5O2/c1-3-31-13-20(30)29-10-7-16(8-11-29)22-21(19-6-9-25-14-26-19)23(28-27-22)17-5-4-15(2)12-18(17)24/h4-6,9,12,14,16H,3,7-8,10-11,13H2,1-2H3,(H,27,28). The summed E-state index contributed by atoms with van der Waals surface area (Å²) < 4.78 is 20.0. The number of ether oxygens (including phenoxy) is 1. The second-order valence-electron chi connectivity index (χ2n) is 7.73. The number of likely N-dealkylation sites (tertiary alicyclic amines) is 1. The minimum Gasteiger partial charge on any atom is -0.372 e. The second-order valence-corrected chi connectivity index (χ2v) is 7.73. The van der Waals surface area contributed by atoms with Gasteiger partial charge in [0, 0.05) is 48.6 Å². The van der Waals surface area contributed by atoms with Crippen LogP contribution >= 0.6 is 0 Å². The average Bonchev–Trinajstić information content (AvgIpc) is 3.23. The van der Waals surface area contributed by atoms with E-state index in [9.17, 15) is 9.18 Å². The van der Waals surface area contributed by atoms with Gasteiger partial charge in [-0.05, 0) is 50.5 Å². The minimum absolute atomic E-state index is 0.0170. The largest absolute Gasteiger partial charge is 0.372 e. The van der Waals surface area contributed by atoms with E-state index in [4.69, 9.17) is 4.74 Å². The molecular formula is C23H26FN5O2. The molecule has 3 aromatic rings. The molecule has 31 heavy (non-hydrogen) atoms. The summed E-state index contributed by atoms with van der Waals surface area (Å²) in [4.78, 5) is 22.5. The van der Waals surface area contributed by atoms with Gasteiger partial charge in [0.15, 0.2) is 0 Å². The third kappa shape index (κ3) is 4.49. The van der Waals surface area contributed by atoms with Crippen molar-refractivity contribution in [2.45, 2.75) is 32.6 Å². The zero-order valence-electron chi connectivity index (χ0n) is 17.8. The molecule has 1 aliphatic heterocycles. The first-order chi connectivity index (χ1) is 15.1. The Morgan fingerprint density at radius 1 is 1.29 bits per heavy atom. The summed E-state index contributed by atoms with van der Waals surface area (Å²) in [5.74, 6) is -0.135. The number of hydrogen-bond acceptors (Lipinski definition) is 5. The lowest BCUT2D eigenvalue weighted by Crippen LogP contribution is -2.40. The first kappa shape index (κ1) is 21.1. The lowest BCUT2D eigenvalue weighted by atomic mass is 9.88. The van der Waals surface area contributed by atoms with Crippen LogP contribution in [0.2, 0.25) is 0 Å². The Balaban J connectivity index is 1.65. The molecule has 8 heteroatoms. The molecule has 7 nitrogen and oxygen atoms in total. The molecule has 1 amide bonds. The molecule has 1 saturated heterocycles. The maximum atomic E-state index is 14.8. The smallest absolute Gasteiger partial charge is 0.248 e. The van der Waals surface area contributed by atoms with Crippen LogP contribution in [0.3, 0.4) is 0 Å². The molecule has 3 heterocycles. The van der Waals surface area contributed by atoms with Crippen molar-refractivity contribution < 1.29 is 13.9 Å². The normalized spacial score (nSPS) is 14.7. The summed E-state index contributed by atoms with van der Waals surface area (Å²) >= 11 is 0. The molecule has 2 aromatic heterocycles. The van der Waals surface area contributed by atoms with Gasteiger partial charge in [0.2, 0.25) is 5.91 Å². The van der Waals surface area contributed by atoms with Crippen LogP contribution in [0.25, 0.3) is 22.5 Å². The van der Waals surface area contributed by atoms with Gasteiger partial charge in [-0.2, -0.15) is 5.10 Å². The molecule has 0 saturated carbocycles. The van der Waals surface area contributed by atoms with Crippen LogP contribution in [0.1, 0.15) is 36.9 Å². The van der Waals surface area contributed by atoms with Gasteiger partial charge in [0.05, 0.1) is 5.69 Å². The van der Waals surface area contributed by atoms with E-state index >= 15 is 0 Å². The number of amides is 1. The molecule has 1 N–H and O–H groups in total. The number of carbonyl (C=O) groups is 1. The molecular weight excluding hydrogens is 397 g/mol. The van der Waals surface area contributed by atoms with Crippen molar-refractivity contribution in [3.05, 3.63) is 53.9 Å². The van der Waals surface area contributed by atoms with Gasteiger partial charge in [-0.25, -0.2) is 14.4 Å². The molecule has 1 fully saturated rings. The Bertz CT molecular complexity index is 1050. The number of nitrogens with zero attached hydrogens (tertiary/aromatic N) is 4. The minimum atomic E-state index is -0.315. The highest BCUT2D eigenvalue weighted by Gasteiger charge is 2.29. The number of nitrogens with one attached hydrogen (secondary N) is 1. The van der Waals surface area contributed by atoms with Crippen LogP contribution < -0.4 is 0 Å². The molecule has 4 rings (SSSR count). The number of benzene rings is 1. The number of carbonyl (C=O) groups excluding carboxylic acids is 1. The fraction of sp³-hybridized carbons (Fsp3) is 0.391. The quantitative estimate of drug-likeness (QED) is 0.653. The van der Waals surface area contributed by atoms with Crippen molar-refractivity contribution in [2.75, 3.05) is 26.3 Å². The monoisotopic (exact) mass is 423 g/mol. The van der Waals surface area contributed by atoms with Crippen LogP contribution in [0, 0.1) is 12.7 Å². The van der Waals surface area contributed by atoms with Crippen LogP contribution in [-0.4, -0.2) is 57.3 Å². The molecule has 0 aliphatic carbocycles. The third-order valence-electron chi connectivity index (χ3n) is 5.70. The molecule has 1 aromatic carbocycles.